The van der Waals surface area contributed by atoms with Crippen molar-refractivity contribution in [1.29, 1.82) is 0 Å². The smallest absolute Gasteiger partial charge is 0.258 e. The summed E-state index contributed by atoms with van der Waals surface area (Å²) < 4.78 is 12.0. The Bertz CT molecular complexity index is 1800. The van der Waals surface area contributed by atoms with Gasteiger partial charge in [0.05, 0.1) is 11.0 Å². The van der Waals surface area contributed by atoms with Gasteiger partial charge in [0.15, 0.2) is 17.3 Å². The number of carbonyl (C=O) groups is 1. The molecule has 11 nitrogen and oxygen atoms in total. The molecule has 0 spiro atoms. The number of hydrogen-bond acceptors (Lipinski definition) is 9. The van der Waals surface area contributed by atoms with Crippen LogP contribution in [0.15, 0.2) is 81.9 Å². The van der Waals surface area contributed by atoms with Crippen molar-refractivity contribution in [2.24, 2.45) is 0 Å². The summed E-state index contributed by atoms with van der Waals surface area (Å²) >= 11 is 0. The number of fused-ring (bicyclic) bond motifs is 1. The topological polar surface area (TPSA) is 151 Å². The van der Waals surface area contributed by atoms with Crippen LogP contribution < -0.4 is 11.1 Å². The van der Waals surface area contributed by atoms with Crippen molar-refractivity contribution in [2.45, 2.75) is 26.3 Å². The number of para-hydroxylation sites is 2. The minimum Gasteiger partial charge on any atom is -0.379 e. The Morgan fingerprint density at radius 1 is 0.949 bits per heavy atom. The Morgan fingerprint density at radius 3 is 2.59 bits per heavy atom. The van der Waals surface area contributed by atoms with Gasteiger partial charge in [0.2, 0.25) is 11.7 Å². The highest BCUT2D eigenvalue weighted by atomic mass is 16.6. The first-order valence-corrected chi connectivity index (χ1v) is 12.3. The average Bonchev–Trinajstić information content (AvgIpc) is 3.68. The molecule has 0 saturated heterocycles. The maximum absolute atomic E-state index is 13.2. The van der Waals surface area contributed by atoms with Gasteiger partial charge >= 0.3 is 0 Å². The van der Waals surface area contributed by atoms with E-state index in [0.29, 0.717) is 40.2 Å². The van der Waals surface area contributed by atoms with Crippen LogP contribution in [0.2, 0.25) is 0 Å². The van der Waals surface area contributed by atoms with E-state index < -0.39 is 0 Å². The summed E-state index contributed by atoms with van der Waals surface area (Å²) in [7, 11) is 0. The van der Waals surface area contributed by atoms with E-state index in [2.05, 4.69) is 56.7 Å². The lowest BCUT2D eigenvalue weighted by Crippen LogP contribution is -2.19. The molecule has 0 fully saturated rings. The Balaban J connectivity index is 1.24. The predicted molar refractivity (Wildman–Crippen MR) is 145 cm³/mol. The lowest BCUT2D eigenvalue weighted by atomic mass is 10.0. The summed E-state index contributed by atoms with van der Waals surface area (Å²) in [5, 5.41) is 14.6. The van der Waals surface area contributed by atoms with E-state index in [-0.39, 0.29) is 24.0 Å². The van der Waals surface area contributed by atoms with Gasteiger partial charge in [-0.25, -0.2) is 9.61 Å². The van der Waals surface area contributed by atoms with Crippen molar-refractivity contribution in [3.05, 3.63) is 78.4 Å². The van der Waals surface area contributed by atoms with Crippen LogP contribution in [-0.2, 0) is 11.3 Å². The molecule has 39 heavy (non-hydrogen) atoms. The molecule has 0 radical (unpaired) electrons. The molecule has 194 valence electrons. The monoisotopic (exact) mass is 520 g/mol. The molecule has 0 bridgehead atoms. The first-order valence-electron chi connectivity index (χ1n) is 12.3. The molecule has 3 N–H and O–H groups in total. The van der Waals surface area contributed by atoms with Crippen LogP contribution >= 0.6 is 0 Å². The second-order valence-corrected chi connectivity index (χ2v) is 9.34. The van der Waals surface area contributed by atoms with Crippen LogP contribution in [0.25, 0.3) is 45.4 Å². The van der Waals surface area contributed by atoms with Gasteiger partial charge in [-0.3, -0.25) is 4.79 Å². The highest BCUT2D eigenvalue weighted by molar-refractivity contribution is 5.93. The van der Waals surface area contributed by atoms with Gasteiger partial charge in [-0.15, -0.1) is 0 Å². The zero-order chi connectivity index (χ0) is 26.9. The van der Waals surface area contributed by atoms with E-state index in [1.807, 2.05) is 48.5 Å². The molecule has 3 heterocycles. The summed E-state index contributed by atoms with van der Waals surface area (Å²) in [6.07, 6.45) is 0. The van der Waals surface area contributed by atoms with Crippen LogP contribution in [-0.4, -0.2) is 35.9 Å². The second-order valence-electron chi connectivity index (χ2n) is 9.34. The number of amides is 1. The fraction of sp³-hybridized carbons (Fsp3) is 0.143. The van der Waals surface area contributed by atoms with Crippen LogP contribution in [0.4, 0.5) is 11.5 Å². The third-order valence-electron chi connectivity index (χ3n) is 6.31. The molecule has 6 aromatic rings. The molecule has 0 aliphatic carbocycles. The summed E-state index contributed by atoms with van der Waals surface area (Å²) in [4.78, 5) is 22.3. The van der Waals surface area contributed by atoms with E-state index in [1.54, 1.807) is 16.7 Å². The van der Waals surface area contributed by atoms with E-state index in [0.717, 1.165) is 11.1 Å². The highest BCUT2D eigenvalue weighted by Crippen LogP contribution is 2.28. The van der Waals surface area contributed by atoms with Crippen molar-refractivity contribution in [3.63, 3.8) is 0 Å². The molecule has 6 rings (SSSR count). The number of nitrogens with two attached hydrogens (primary N) is 1. The van der Waals surface area contributed by atoms with Gasteiger partial charge in [-0.1, -0.05) is 55.4 Å². The molecule has 0 aliphatic heterocycles. The van der Waals surface area contributed by atoms with Crippen LogP contribution in [0.3, 0.4) is 0 Å². The maximum atomic E-state index is 13.2. The Morgan fingerprint density at radius 2 is 1.77 bits per heavy atom. The number of nitrogen functional groups attached to an aromatic ring is 1. The number of rotatable bonds is 7. The normalized spacial score (nSPS) is 11.4. The molecule has 3 aromatic heterocycles. The quantitative estimate of drug-likeness (QED) is 0.291. The molecule has 0 saturated carbocycles. The zero-order valence-electron chi connectivity index (χ0n) is 21.2. The molecular weight excluding hydrogens is 496 g/mol. The standard InChI is InChI=1S/C28H24N8O3/c1-16(2)17-7-5-9-19(13-17)28-32-26(35-38-28)18-8-6-10-20(14-18)30-23(37)15-36-22-12-4-3-11-21(22)31-27(36)24-25(29)34-39-33-24/h3-14,16H,15H2,1-2H3,(H2,29,34)(H,30,37). The van der Waals surface area contributed by atoms with E-state index >= 15 is 0 Å². The minimum absolute atomic E-state index is 0.0368. The number of aromatic nitrogens is 6. The van der Waals surface area contributed by atoms with Gasteiger partial charge in [-0.05, 0) is 58.2 Å². The number of imidazole rings is 1. The second kappa shape index (κ2) is 9.86. The largest absolute Gasteiger partial charge is 0.379 e. The van der Waals surface area contributed by atoms with Gasteiger partial charge in [0, 0.05) is 16.8 Å². The van der Waals surface area contributed by atoms with Gasteiger partial charge in [0.25, 0.3) is 5.89 Å². The van der Waals surface area contributed by atoms with Crippen LogP contribution in [0, 0.1) is 0 Å². The first kappa shape index (κ1) is 24.0. The number of anilines is 2. The SMILES string of the molecule is CC(C)c1cccc(-c2nc(-c3cccc(NC(=O)Cn4c(-c5nonc5N)nc5ccccc54)c3)no2)c1. The summed E-state index contributed by atoms with van der Waals surface area (Å²) in [6.45, 7) is 4.23. The Hall–Kier alpha value is -5.32. The average molecular weight is 521 g/mol. The van der Waals surface area contributed by atoms with Gasteiger partial charge in [0.1, 0.15) is 6.54 Å². The summed E-state index contributed by atoms with van der Waals surface area (Å²) in [5.41, 5.74) is 11.0. The van der Waals surface area contributed by atoms with Gasteiger partial charge < -0.3 is 20.1 Å². The van der Waals surface area contributed by atoms with E-state index in [9.17, 15) is 4.79 Å². The number of nitrogens with zero attached hydrogens (tertiary/aromatic N) is 6. The van der Waals surface area contributed by atoms with E-state index in [1.165, 1.54) is 5.56 Å². The van der Waals surface area contributed by atoms with Crippen molar-refractivity contribution in [2.75, 3.05) is 11.1 Å². The lowest BCUT2D eigenvalue weighted by molar-refractivity contribution is -0.116. The zero-order valence-corrected chi connectivity index (χ0v) is 21.2. The minimum atomic E-state index is -0.272. The third-order valence-corrected chi connectivity index (χ3v) is 6.31. The molecular formula is C28H24N8O3. The lowest BCUT2D eigenvalue weighted by Gasteiger charge is -2.09. The fourth-order valence-corrected chi connectivity index (χ4v) is 4.34. The van der Waals surface area contributed by atoms with Crippen LogP contribution in [0.1, 0.15) is 25.3 Å². The number of carbonyl (C=O) groups excluding carboxylic acids is 1. The van der Waals surface area contributed by atoms with Crippen molar-refractivity contribution >= 4 is 28.4 Å². The van der Waals surface area contributed by atoms with Crippen molar-refractivity contribution < 1.29 is 13.9 Å². The molecule has 0 unspecified atom stereocenters. The van der Waals surface area contributed by atoms with Crippen molar-refractivity contribution in [1.82, 2.24) is 30.0 Å². The van der Waals surface area contributed by atoms with Gasteiger partial charge in [-0.2, -0.15) is 4.98 Å². The highest BCUT2D eigenvalue weighted by Gasteiger charge is 2.21. The predicted octanol–water partition coefficient (Wildman–Crippen LogP) is 5.15. The van der Waals surface area contributed by atoms with E-state index in [4.69, 9.17) is 14.9 Å². The summed E-state index contributed by atoms with van der Waals surface area (Å²) in [6, 6.07) is 22.8. The molecule has 0 atom stereocenters. The molecule has 11 heteroatoms. The Kier molecular flexibility index (Phi) is 6.08. The first-order chi connectivity index (χ1) is 19.0. The molecule has 3 aromatic carbocycles. The number of hydrogen-bond donors (Lipinski definition) is 2. The fourth-order valence-electron chi connectivity index (χ4n) is 4.34. The summed E-state index contributed by atoms with van der Waals surface area (Å²) in [5.74, 6) is 1.45. The maximum Gasteiger partial charge on any atom is 0.258 e. The molecule has 0 aliphatic rings. The number of benzene rings is 3. The Labute approximate surface area is 222 Å². The molecule has 1 amide bonds. The van der Waals surface area contributed by atoms with Crippen LogP contribution in [0.5, 0.6) is 0 Å². The third kappa shape index (κ3) is 4.73. The van der Waals surface area contributed by atoms with Crippen molar-refractivity contribution in [3.8, 4) is 34.4 Å². The number of nitrogens with one attached hydrogen (secondary N) is 1.